The number of piperidine rings is 1. The second kappa shape index (κ2) is 10.1. The van der Waals surface area contributed by atoms with Crippen LogP contribution < -0.4 is 4.90 Å². The van der Waals surface area contributed by atoms with E-state index >= 15 is 0 Å². The van der Waals surface area contributed by atoms with Crippen molar-refractivity contribution in [2.75, 3.05) is 56.5 Å². The van der Waals surface area contributed by atoms with E-state index < -0.39 is 0 Å². The lowest BCUT2D eigenvalue weighted by molar-refractivity contribution is 0.0746. The van der Waals surface area contributed by atoms with Crippen molar-refractivity contribution in [1.29, 1.82) is 0 Å². The molecule has 2 aliphatic rings. The van der Waals surface area contributed by atoms with E-state index in [9.17, 15) is 4.79 Å². The molecule has 0 atom stereocenters. The van der Waals surface area contributed by atoms with E-state index in [0.717, 1.165) is 43.5 Å². The van der Waals surface area contributed by atoms with Gasteiger partial charge in [0, 0.05) is 50.4 Å². The van der Waals surface area contributed by atoms with E-state index in [1.54, 1.807) is 18.0 Å². The lowest BCUT2D eigenvalue weighted by atomic mass is 10.1. The topological polar surface area (TPSA) is 39.7 Å². The maximum Gasteiger partial charge on any atom is 0.255 e. The zero-order valence-corrected chi connectivity index (χ0v) is 17.8. The molecule has 5 nitrogen and oxygen atoms in total. The molecule has 4 rings (SSSR count). The molecule has 2 aliphatic heterocycles. The summed E-state index contributed by atoms with van der Waals surface area (Å²) < 4.78 is 0. The van der Waals surface area contributed by atoms with Gasteiger partial charge in [-0.15, -0.1) is 11.8 Å². The summed E-state index contributed by atoms with van der Waals surface area (Å²) in [6.07, 6.45) is 5.79. The van der Waals surface area contributed by atoms with Crippen molar-refractivity contribution in [2.24, 2.45) is 0 Å². The molecule has 0 radical (unpaired) electrons. The molecule has 6 heteroatoms. The van der Waals surface area contributed by atoms with Crippen molar-refractivity contribution >= 4 is 23.4 Å². The number of anilines is 1. The predicted octanol–water partition coefficient (Wildman–Crippen LogP) is 3.62. The summed E-state index contributed by atoms with van der Waals surface area (Å²) in [5, 5.41) is 1.01. The van der Waals surface area contributed by atoms with Crippen LogP contribution >= 0.6 is 11.8 Å². The average molecular weight is 411 g/mol. The SMILES string of the molecule is O=C(c1ccc(SCCN2CCCCC2)nc1)N1CCN(c2ccccc2)CC1. The van der Waals surface area contributed by atoms with Gasteiger partial charge in [0.1, 0.15) is 0 Å². The second-order valence-electron chi connectivity index (χ2n) is 7.75. The third-order valence-electron chi connectivity index (χ3n) is 5.78. The summed E-state index contributed by atoms with van der Waals surface area (Å²) >= 11 is 1.78. The smallest absolute Gasteiger partial charge is 0.255 e. The lowest BCUT2D eigenvalue weighted by Crippen LogP contribution is -2.48. The first kappa shape index (κ1) is 20.2. The van der Waals surface area contributed by atoms with Gasteiger partial charge in [0.15, 0.2) is 0 Å². The van der Waals surface area contributed by atoms with Gasteiger partial charge >= 0.3 is 0 Å². The number of benzene rings is 1. The highest BCUT2D eigenvalue weighted by Gasteiger charge is 2.22. The quantitative estimate of drug-likeness (QED) is 0.680. The number of amides is 1. The Morgan fingerprint density at radius 3 is 2.34 bits per heavy atom. The van der Waals surface area contributed by atoms with Gasteiger partial charge in [-0.2, -0.15) is 0 Å². The maximum absolute atomic E-state index is 12.8. The number of hydrogen-bond acceptors (Lipinski definition) is 5. The van der Waals surface area contributed by atoms with Gasteiger partial charge in [0.05, 0.1) is 10.6 Å². The molecule has 2 aromatic rings. The van der Waals surface area contributed by atoms with E-state index in [-0.39, 0.29) is 5.91 Å². The van der Waals surface area contributed by atoms with Crippen LogP contribution in [-0.2, 0) is 0 Å². The number of aromatic nitrogens is 1. The molecule has 2 fully saturated rings. The molecule has 0 unspecified atom stereocenters. The molecule has 3 heterocycles. The highest BCUT2D eigenvalue weighted by molar-refractivity contribution is 7.99. The largest absolute Gasteiger partial charge is 0.368 e. The van der Waals surface area contributed by atoms with Gasteiger partial charge in [-0.25, -0.2) is 4.98 Å². The summed E-state index contributed by atoms with van der Waals surface area (Å²) in [7, 11) is 0. The Labute approximate surface area is 178 Å². The van der Waals surface area contributed by atoms with E-state index in [0.29, 0.717) is 5.56 Å². The fourth-order valence-electron chi connectivity index (χ4n) is 4.04. The highest BCUT2D eigenvalue weighted by atomic mass is 32.2. The average Bonchev–Trinajstić information content (AvgIpc) is 2.80. The van der Waals surface area contributed by atoms with E-state index in [4.69, 9.17) is 0 Å². The minimum atomic E-state index is 0.0927. The summed E-state index contributed by atoms with van der Waals surface area (Å²) in [6, 6.07) is 14.3. The molecule has 2 saturated heterocycles. The van der Waals surface area contributed by atoms with Crippen LogP contribution in [0.5, 0.6) is 0 Å². The minimum Gasteiger partial charge on any atom is -0.368 e. The number of hydrogen-bond donors (Lipinski definition) is 0. The van der Waals surface area contributed by atoms with Gasteiger partial charge in [0.2, 0.25) is 0 Å². The number of carbonyl (C=O) groups excluding carboxylic acids is 1. The van der Waals surface area contributed by atoms with Crippen LogP contribution in [-0.4, -0.2) is 72.3 Å². The first-order valence-corrected chi connectivity index (χ1v) is 11.7. The van der Waals surface area contributed by atoms with Crippen molar-refractivity contribution in [1.82, 2.24) is 14.8 Å². The van der Waals surface area contributed by atoms with Gasteiger partial charge in [0.25, 0.3) is 5.91 Å². The Morgan fingerprint density at radius 2 is 1.66 bits per heavy atom. The van der Waals surface area contributed by atoms with Crippen molar-refractivity contribution in [2.45, 2.75) is 24.3 Å². The maximum atomic E-state index is 12.8. The molecule has 1 aromatic heterocycles. The third kappa shape index (κ3) is 5.52. The number of carbonyl (C=O) groups is 1. The Morgan fingerprint density at radius 1 is 0.897 bits per heavy atom. The van der Waals surface area contributed by atoms with Crippen LogP contribution in [0.15, 0.2) is 53.7 Å². The van der Waals surface area contributed by atoms with E-state index in [2.05, 4.69) is 39.0 Å². The zero-order chi connectivity index (χ0) is 19.9. The number of nitrogens with zero attached hydrogens (tertiary/aromatic N) is 4. The van der Waals surface area contributed by atoms with Crippen LogP contribution in [0.25, 0.3) is 0 Å². The van der Waals surface area contributed by atoms with Gasteiger partial charge in [-0.05, 0) is 50.2 Å². The fraction of sp³-hybridized carbons (Fsp3) is 0.478. The minimum absolute atomic E-state index is 0.0927. The van der Waals surface area contributed by atoms with Gasteiger partial charge in [-0.1, -0.05) is 24.6 Å². The molecular formula is C23H30N4OS. The second-order valence-corrected chi connectivity index (χ2v) is 8.87. The van der Waals surface area contributed by atoms with Crippen LogP contribution in [0.3, 0.4) is 0 Å². The molecule has 0 bridgehead atoms. The molecule has 1 aromatic carbocycles. The van der Waals surface area contributed by atoms with Crippen LogP contribution in [0.2, 0.25) is 0 Å². The third-order valence-corrected chi connectivity index (χ3v) is 6.70. The molecule has 1 amide bonds. The van der Waals surface area contributed by atoms with Crippen LogP contribution in [0, 0.1) is 0 Å². The fourth-order valence-corrected chi connectivity index (χ4v) is 4.89. The normalized spacial score (nSPS) is 18.1. The zero-order valence-electron chi connectivity index (χ0n) is 17.0. The predicted molar refractivity (Wildman–Crippen MR) is 120 cm³/mol. The lowest BCUT2D eigenvalue weighted by Gasteiger charge is -2.36. The number of para-hydroxylation sites is 1. The number of rotatable bonds is 6. The molecule has 0 aliphatic carbocycles. The van der Waals surface area contributed by atoms with Crippen molar-refractivity contribution in [3.63, 3.8) is 0 Å². The Bertz CT molecular complexity index is 769. The van der Waals surface area contributed by atoms with E-state index in [1.165, 1.54) is 38.0 Å². The van der Waals surface area contributed by atoms with Crippen LogP contribution in [0.4, 0.5) is 5.69 Å². The monoisotopic (exact) mass is 410 g/mol. The summed E-state index contributed by atoms with van der Waals surface area (Å²) in [5.74, 6) is 1.15. The summed E-state index contributed by atoms with van der Waals surface area (Å²) in [4.78, 5) is 24.2. The summed E-state index contributed by atoms with van der Waals surface area (Å²) in [5.41, 5.74) is 1.92. The Hall–Kier alpha value is -2.05. The number of pyridine rings is 1. The number of piperazine rings is 1. The van der Waals surface area contributed by atoms with Crippen LogP contribution in [0.1, 0.15) is 29.6 Å². The Kier molecular flexibility index (Phi) is 7.06. The molecule has 154 valence electrons. The molecule has 29 heavy (non-hydrogen) atoms. The van der Waals surface area contributed by atoms with E-state index in [1.807, 2.05) is 23.1 Å². The number of thioether (sulfide) groups is 1. The molecule has 0 saturated carbocycles. The van der Waals surface area contributed by atoms with Gasteiger partial charge < -0.3 is 14.7 Å². The van der Waals surface area contributed by atoms with Crippen molar-refractivity contribution in [3.05, 3.63) is 54.2 Å². The first-order chi connectivity index (χ1) is 14.3. The standard InChI is InChI=1S/C23H30N4OS/c28-23(27-15-13-26(14-16-27)21-7-3-1-4-8-21)20-9-10-22(24-19-20)29-18-17-25-11-5-2-6-12-25/h1,3-4,7-10,19H,2,5-6,11-18H2. The highest BCUT2D eigenvalue weighted by Crippen LogP contribution is 2.19. The summed E-state index contributed by atoms with van der Waals surface area (Å²) in [6.45, 7) is 6.83. The Balaban J connectivity index is 1.24. The van der Waals surface area contributed by atoms with Crippen molar-refractivity contribution < 1.29 is 4.79 Å². The molecule has 0 spiro atoms. The first-order valence-electron chi connectivity index (χ1n) is 10.7. The van der Waals surface area contributed by atoms with Gasteiger partial charge in [-0.3, -0.25) is 4.79 Å². The molecular weight excluding hydrogens is 380 g/mol. The van der Waals surface area contributed by atoms with Crippen molar-refractivity contribution in [3.8, 4) is 0 Å². The number of likely N-dealkylation sites (tertiary alicyclic amines) is 1. The molecule has 0 N–H and O–H groups in total.